The van der Waals surface area contributed by atoms with Gasteiger partial charge in [0, 0.05) is 61.1 Å². The summed E-state index contributed by atoms with van der Waals surface area (Å²) in [6, 6.07) is 10.2. The van der Waals surface area contributed by atoms with E-state index in [-0.39, 0.29) is 5.56 Å². The van der Waals surface area contributed by atoms with Gasteiger partial charge in [0.2, 0.25) is 10.0 Å². The van der Waals surface area contributed by atoms with Crippen LogP contribution in [0.25, 0.3) is 21.2 Å². The SMILES string of the molecule is Cc1ccccc1-c1cn(C)c(=O)c2cc(CN3CCN(S(C)(=O)=O)CC3)sc12. The van der Waals surface area contributed by atoms with Crippen LogP contribution in [0.5, 0.6) is 0 Å². The lowest BCUT2D eigenvalue weighted by molar-refractivity contribution is 0.183. The maximum atomic E-state index is 12.7. The molecule has 0 saturated carbocycles. The lowest BCUT2D eigenvalue weighted by Gasteiger charge is -2.32. The molecule has 8 heteroatoms. The number of aromatic nitrogens is 1. The Hall–Kier alpha value is -2.00. The van der Waals surface area contributed by atoms with E-state index in [4.69, 9.17) is 0 Å². The van der Waals surface area contributed by atoms with Crippen LogP contribution in [0, 0.1) is 6.92 Å². The molecule has 2 aromatic heterocycles. The Morgan fingerprint density at radius 3 is 2.41 bits per heavy atom. The van der Waals surface area contributed by atoms with Gasteiger partial charge in [-0.1, -0.05) is 24.3 Å². The van der Waals surface area contributed by atoms with Gasteiger partial charge in [0.1, 0.15) is 0 Å². The third-order valence-electron chi connectivity index (χ3n) is 5.52. The number of nitrogens with zero attached hydrogens (tertiary/aromatic N) is 3. The predicted molar refractivity (Wildman–Crippen MR) is 119 cm³/mol. The molecular formula is C21H25N3O3S2. The van der Waals surface area contributed by atoms with E-state index >= 15 is 0 Å². The van der Waals surface area contributed by atoms with E-state index in [2.05, 4.69) is 24.0 Å². The predicted octanol–water partition coefficient (Wildman–Crippen LogP) is 2.65. The van der Waals surface area contributed by atoms with Gasteiger partial charge >= 0.3 is 0 Å². The number of sulfonamides is 1. The Morgan fingerprint density at radius 1 is 1.07 bits per heavy atom. The average molecular weight is 432 g/mol. The number of hydrogen-bond donors (Lipinski definition) is 0. The molecule has 0 unspecified atom stereocenters. The van der Waals surface area contributed by atoms with Crippen LogP contribution < -0.4 is 5.56 Å². The van der Waals surface area contributed by atoms with Crippen LogP contribution in [-0.2, 0) is 23.6 Å². The molecule has 0 radical (unpaired) electrons. The summed E-state index contributed by atoms with van der Waals surface area (Å²) in [4.78, 5) is 16.1. The number of fused-ring (bicyclic) bond motifs is 1. The Kier molecular flexibility index (Phi) is 5.37. The minimum Gasteiger partial charge on any atom is -0.317 e. The molecule has 154 valence electrons. The van der Waals surface area contributed by atoms with Crippen molar-refractivity contribution in [3.05, 3.63) is 57.3 Å². The van der Waals surface area contributed by atoms with Crippen molar-refractivity contribution in [2.45, 2.75) is 13.5 Å². The van der Waals surface area contributed by atoms with E-state index in [1.807, 2.05) is 24.4 Å². The third-order valence-corrected chi connectivity index (χ3v) is 7.97. The Bertz CT molecular complexity index is 1220. The van der Waals surface area contributed by atoms with Gasteiger partial charge < -0.3 is 4.57 Å². The molecule has 0 N–H and O–H groups in total. The molecule has 0 aliphatic carbocycles. The first-order valence-electron chi connectivity index (χ1n) is 9.59. The second-order valence-corrected chi connectivity index (χ2v) is 10.8. The van der Waals surface area contributed by atoms with Gasteiger partial charge in [-0.15, -0.1) is 11.3 Å². The Labute approximate surface area is 175 Å². The number of aryl methyl sites for hydroxylation is 2. The average Bonchev–Trinajstić information content (AvgIpc) is 3.09. The third kappa shape index (κ3) is 4.02. The number of rotatable bonds is 4. The second kappa shape index (κ2) is 7.68. The zero-order valence-corrected chi connectivity index (χ0v) is 18.5. The van der Waals surface area contributed by atoms with E-state index < -0.39 is 10.0 Å². The van der Waals surface area contributed by atoms with E-state index in [0.717, 1.165) is 32.6 Å². The molecule has 1 saturated heterocycles. The van der Waals surface area contributed by atoms with Crippen LogP contribution >= 0.6 is 11.3 Å². The van der Waals surface area contributed by atoms with Crippen molar-refractivity contribution >= 4 is 31.4 Å². The zero-order chi connectivity index (χ0) is 20.8. The molecule has 0 bridgehead atoms. The van der Waals surface area contributed by atoms with E-state index in [1.165, 1.54) is 16.1 Å². The highest BCUT2D eigenvalue weighted by atomic mass is 32.2. The highest BCUT2D eigenvalue weighted by Crippen LogP contribution is 2.35. The van der Waals surface area contributed by atoms with Crippen molar-refractivity contribution in [2.24, 2.45) is 7.05 Å². The quantitative estimate of drug-likeness (QED) is 0.637. The Morgan fingerprint density at radius 2 is 1.76 bits per heavy atom. The molecule has 3 heterocycles. The molecule has 0 amide bonds. The molecule has 1 aromatic carbocycles. The maximum absolute atomic E-state index is 12.7. The molecule has 1 aliphatic rings. The van der Waals surface area contributed by atoms with Crippen LogP contribution in [0.1, 0.15) is 10.4 Å². The van der Waals surface area contributed by atoms with Crippen molar-refractivity contribution in [1.82, 2.24) is 13.8 Å². The smallest absolute Gasteiger partial charge is 0.259 e. The fourth-order valence-electron chi connectivity index (χ4n) is 3.89. The molecule has 6 nitrogen and oxygen atoms in total. The summed E-state index contributed by atoms with van der Waals surface area (Å²) in [5.74, 6) is 0. The van der Waals surface area contributed by atoms with E-state index in [9.17, 15) is 13.2 Å². The number of thiophene rings is 1. The van der Waals surface area contributed by atoms with Crippen molar-refractivity contribution in [2.75, 3.05) is 32.4 Å². The van der Waals surface area contributed by atoms with Crippen LogP contribution in [0.3, 0.4) is 0 Å². The molecule has 0 atom stereocenters. The molecular weight excluding hydrogens is 406 g/mol. The molecule has 4 rings (SSSR count). The highest BCUT2D eigenvalue weighted by molar-refractivity contribution is 7.88. The summed E-state index contributed by atoms with van der Waals surface area (Å²) in [6.45, 7) is 5.24. The standard InChI is InChI=1S/C21H25N3O3S2/c1-15-6-4-5-7-17(15)19-14-22(2)21(25)18-12-16(28-20(18)19)13-23-8-10-24(11-9-23)29(3,26)27/h4-7,12,14H,8-11,13H2,1-3H3. The highest BCUT2D eigenvalue weighted by Gasteiger charge is 2.24. The van der Waals surface area contributed by atoms with Crippen LogP contribution in [0.15, 0.2) is 41.3 Å². The summed E-state index contributed by atoms with van der Waals surface area (Å²) in [6.07, 6.45) is 3.19. The maximum Gasteiger partial charge on any atom is 0.259 e. The van der Waals surface area contributed by atoms with Gasteiger partial charge in [0.15, 0.2) is 0 Å². The molecule has 1 fully saturated rings. The minimum absolute atomic E-state index is 0.0155. The van der Waals surface area contributed by atoms with Gasteiger partial charge in [-0.2, -0.15) is 4.31 Å². The van der Waals surface area contributed by atoms with Crippen LogP contribution in [0.4, 0.5) is 0 Å². The lowest BCUT2D eigenvalue weighted by atomic mass is 10.0. The first-order chi connectivity index (χ1) is 13.7. The van der Waals surface area contributed by atoms with Gasteiger partial charge in [0.05, 0.1) is 11.6 Å². The number of benzene rings is 1. The van der Waals surface area contributed by atoms with Gasteiger partial charge in [0.25, 0.3) is 5.56 Å². The normalized spacial score (nSPS) is 16.5. The van der Waals surface area contributed by atoms with Crippen molar-refractivity contribution in [3.8, 4) is 11.1 Å². The van der Waals surface area contributed by atoms with Crippen molar-refractivity contribution < 1.29 is 8.42 Å². The number of pyridine rings is 1. The molecule has 29 heavy (non-hydrogen) atoms. The van der Waals surface area contributed by atoms with Crippen molar-refractivity contribution in [3.63, 3.8) is 0 Å². The monoisotopic (exact) mass is 431 g/mol. The lowest BCUT2D eigenvalue weighted by Crippen LogP contribution is -2.47. The fourth-order valence-corrected chi connectivity index (χ4v) is 5.93. The largest absolute Gasteiger partial charge is 0.317 e. The van der Waals surface area contributed by atoms with E-state index in [1.54, 1.807) is 23.0 Å². The van der Waals surface area contributed by atoms with Crippen molar-refractivity contribution in [1.29, 1.82) is 0 Å². The first-order valence-corrected chi connectivity index (χ1v) is 12.3. The summed E-state index contributed by atoms with van der Waals surface area (Å²) in [5, 5.41) is 0.753. The number of hydrogen-bond acceptors (Lipinski definition) is 5. The van der Waals surface area contributed by atoms with Gasteiger partial charge in [-0.05, 0) is 24.1 Å². The van der Waals surface area contributed by atoms with Gasteiger partial charge in [-0.25, -0.2) is 8.42 Å². The summed E-state index contributed by atoms with van der Waals surface area (Å²) >= 11 is 1.66. The number of piperazine rings is 1. The van der Waals surface area contributed by atoms with Crippen LogP contribution in [-0.4, -0.2) is 54.6 Å². The fraction of sp³-hybridized carbons (Fsp3) is 0.381. The zero-order valence-electron chi connectivity index (χ0n) is 16.9. The van der Waals surface area contributed by atoms with E-state index in [0.29, 0.717) is 26.2 Å². The second-order valence-electron chi connectivity index (χ2n) is 7.67. The summed E-state index contributed by atoms with van der Waals surface area (Å²) < 4.78 is 27.6. The first kappa shape index (κ1) is 20.3. The van der Waals surface area contributed by atoms with Gasteiger partial charge in [-0.3, -0.25) is 9.69 Å². The Balaban J connectivity index is 1.66. The van der Waals surface area contributed by atoms with Crippen LogP contribution in [0.2, 0.25) is 0 Å². The summed E-state index contributed by atoms with van der Waals surface area (Å²) in [5.41, 5.74) is 3.42. The molecule has 1 aliphatic heterocycles. The topological polar surface area (TPSA) is 62.6 Å². The molecule has 3 aromatic rings. The minimum atomic E-state index is -3.13. The molecule has 0 spiro atoms. The summed E-state index contributed by atoms with van der Waals surface area (Å²) in [7, 11) is -1.33.